The van der Waals surface area contributed by atoms with Crippen molar-refractivity contribution >= 4 is 0 Å². The fourth-order valence-electron chi connectivity index (χ4n) is 5.30. The lowest BCUT2D eigenvalue weighted by Gasteiger charge is -2.44. The second-order valence-corrected chi connectivity index (χ2v) is 10.4. The molecular weight excluding hydrogens is 544 g/mol. The molecule has 3 saturated heterocycles. The van der Waals surface area contributed by atoms with E-state index in [0.29, 0.717) is 0 Å². The third-order valence-corrected chi connectivity index (χ3v) is 7.77. The predicted octanol–water partition coefficient (Wildman–Crippen LogP) is -5.68. The van der Waals surface area contributed by atoms with Gasteiger partial charge in [-0.3, -0.25) is 0 Å². The highest BCUT2D eigenvalue weighted by Gasteiger charge is 2.47. The second-order valence-electron chi connectivity index (χ2n) is 10.4. The standard InChI is InChI=1S/C24H44O16/c1-34-7-14-20(30)22(32)21(31)16(39-14)9-36-5-10-12(3-25)38-15(19(29)17(10)27)8-37-6-11-13(4-26)40-24(35-2)23(33)18(11)28/h10-33H,3-9H2,1-2H3/t10-,11-,12?,13?,14?,15-,16-,17+,18+,19?,20-,21?,22+,23?,24+/m1/s1. The molecule has 9 N–H and O–H groups in total. The first-order valence-electron chi connectivity index (χ1n) is 13.2. The molecule has 0 amide bonds. The zero-order valence-corrected chi connectivity index (χ0v) is 22.5. The molecule has 3 fully saturated rings. The van der Waals surface area contributed by atoms with Gasteiger partial charge in [-0.25, -0.2) is 0 Å². The van der Waals surface area contributed by atoms with Crippen LogP contribution < -0.4 is 0 Å². The lowest BCUT2D eigenvalue weighted by Crippen LogP contribution is -2.60. The summed E-state index contributed by atoms with van der Waals surface area (Å²) in [4.78, 5) is 0. The molecule has 3 rings (SSSR count). The van der Waals surface area contributed by atoms with Gasteiger partial charge in [-0.15, -0.1) is 0 Å². The minimum absolute atomic E-state index is 0.0273. The number of aliphatic hydroxyl groups is 9. The first-order chi connectivity index (χ1) is 19.1. The van der Waals surface area contributed by atoms with Crippen LogP contribution in [0, 0.1) is 11.8 Å². The fourth-order valence-corrected chi connectivity index (χ4v) is 5.30. The van der Waals surface area contributed by atoms with E-state index >= 15 is 0 Å². The zero-order valence-electron chi connectivity index (χ0n) is 22.5. The maximum Gasteiger partial charge on any atom is 0.186 e. The van der Waals surface area contributed by atoms with Crippen LogP contribution in [0.15, 0.2) is 0 Å². The molecule has 6 unspecified atom stereocenters. The van der Waals surface area contributed by atoms with Crippen molar-refractivity contribution in [3.8, 4) is 0 Å². The predicted molar refractivity (Wildman–Crippen MR) is 130 cm³/mol. The third kappa shape index (κ3) is 7.65. The molecule has 0 aromatic heterocycles. The van der Waals surface area contributed by atoms with Crippen molar-refractivity contribution in [3.05, 3.63) is 0 Å². The van der Waals surface area contributed by atoms with Crippen molar-refractivity contribution < 1.29 is 79.1 Å². The zero-order chi connectivity index (χ0) is 29.6. The van der Waals surface area contributed by atoms with Gasteiger partial charge in [0.25, 0.3) is 0 Å². The van der Waals surface area contributed by atoms with Gasteiger partial charge in [0, 0.05) is 26.1 Å². The van der Waals surface area contributed by atoms with Gasteiger partial charge < -0.3 is 79.1 Å². The average molecular weight is 589 g/mol. The Kier molecular flexibility index (Phi) is 13.3. The number of hydrogen-bond donors (Lipinski definition) is 9. The van der Waals surface area contributed by atoms with E-state index in [0.717, 1.165) is 0 Å². The Hall–Kier alpha value is -0.640. The molecular formula is C24H44O16. The Morgan fingerprint density at radius 3 is 1.38 bits per heavy atom. The molecule has 0 aromatic carbocycles. The molecule has 16 heteroatoms. The van der Waals surface area contributed by atoms with Crippen LogP contribution in [0.5, 0.6) is 0 Å². The smallest absolute Gasteiger partial charge is 0.186 e. The molecule has 0 saturated carbocycles. The highest BCUT2D eigenvalue weighted by molar-refractivity contribution is 4.94. The topological polar surface area (TPSA) is 247 Å². The first-order valence-corrected chi connectivity index (χ1v) is 13.2. The highest BCUT2D eigenvalue weighted by Crippen LogP contribution is 2.30. The van der Waals surface area contributed by atoms with E-state index in [1.54, 1.807) is 0 Å². The number of ether oxygens (including phenoxy) is 7. The summed E-state index contributed by atoms with van der Waals surface area (Å²) in [5, 5.41) is 91.8. The van der Waals surface area contributed by atoms with Crippen LogP contribution in [0.2, 0.25) is 0 Å². The van der Waals surface area contributed by atoms with E-state index in [9.17, 15) is 46.0 Å². The van der Waals surface area contributed by atoms with E-state index in [1.165, 1.54) is 14.2 Å². The van der Waals surface area contributed by atoms with Crippen LogP contribution >= 0.6 is 0 Å². The van der Waals surface area contributed by atoms with Crippen molar-refractivity contribution in [2.75, 3.05) is 60.5 Å². The van der Waals surface area contributed by atoms with Crippen molar-refractivity contribution in [2.24, 2.45) is 11.8 Å². The van der Waals surface area contributed by atoms with Crippen LogP contribution in [0.25, 0.3) is 0 Å². The van der Waals surface area contributed by atoms with Gasteiger partial charge in [0.05, 0.1) is 70.7 Å². The number of methoxy groups -OCH3 is 2. The molecule has 0 bridgehead atoms. The van der Waals surface area contributed by atoms with Crippen LogP contribution in [0.1, 0.15) is 0 Å². The van der Waals surface area contributed by atoms with Gasteiger partial charge in [-0.2, -0.15) is 0 Å². The van der Waals surface area contributed by atoms with Crippen LogP contribution in [0.3, 0.4) is 0 Å². The van der Waals surface area contributed by atoms with E-state index in [2.05, 4.69) is 0 Å². The van der Waals surface area contributed by atoms with Crippen LogP contribution in [0.4, 0.5) is 0 Å². The summed E-state index contributed by atoms with van der Waals surface area (Å²) >= 11 is 0. The maximum absolute atomic E-state index is 10.8. The van der Waals surface area contributed by atoms with E-state index in [1.807, 2.05) is 0 Å². The van der Waals surface area contributed by atoms with Gasteiger partial charge in [0.1, 0.15) is 48.8 Å². The Labute approximate surface area is 231 Å². The SMILES string of the molecule is COCC1O[C@H](COC[C@@H]2C(CO)O[C@H](COC[C@@H]3C(CO)O[C@H](OC)C(O)[C@H]3O)C(O)[C@H]2O)C(O)[C@@H](O)[C@@H]1O. The summed E-state index contributed by atoms with van der Waals surface area (Å²) in [6.45, 7) is -1.90. The molecule has 0 aliphatic carbocycles. The number of rotatable bonds is 13. The molecule has 3 aliphatic heterocycles. The lowest BCUT2D eigenvalue weighted by molar-refractivity contribution is -0.289. The summed E-state index contributed by atoms with van der Waals surface area (Å²) < 4.78 is 37.9. The van der Waals surface area contributed by atoms with E-state index < -0.39 is 105 Å². The quantitative estimate of drug-likeness (QED) is 0.0972. The van der Waals surface area contributed by atoms with Crippen molar-refractivity contribution in [3.63, 3.8) is 0 Å². The summed E-state index contributed by atoms with van der Waals surface area (Å²) in [7, 11) is 2.68. The third-order valence-electron chi connectivity index (χ3n) is 7.77. The number of hydrogen-bond acceptors (Lipinski definition) is 16. The molecule has 3 heterocycles. The number of aliphatic hydroxyl groups excluding tert-OH is 9. The first kappa shape index (κ1) is 33.9. The molecule has 236 valence electrons. The van der Waals surface area contributed by atoms with Gasteiger partial charge in [0.2, 0.25) is 0 Å². The van der Waals surface area contributed by atoms with E-state index in [4.69, 9.17) is 33.2 Å². The Balaban J connectivity index is 1.51. The Morgan fingerprint density at radius 1 is 0.475 bits per heavy atom. The van der Waals surface area contributed by atoms with Crippen molar-refractivity contribution in [1.29, 1.82) is 0 Å². The van der Waals surface area contributed by atoms with Gasteiger partial charge in [-0.1, -0.05) is 0 Å². The molecule has 0 aromatic rings. The van der Waals surface area contributed by atoms with Gasteiger partial charge in [0.15, 0.2) is 6.29 Å². The molecule has 3 aliphatic rings. The molecule has 15 atom stereocenters. The van der Waals surface area contributed by atoms with Crippen LogP contribution in [-0.4, -0.2) is 186 Å². The minimum atomic E-state index is -1.49. The lowest BCUT2D eigenvalue weighted by atomic mass is 9.87. The Morgan fingerprint density at radius 2 is 0.900 bits per heavy atom. The van der Waals surface area contributed by atoms with Crippen molar-refractivity contribution in [2.45, 2.75) is 79.5 Å². The monoisotopic (exact) mass is 588 g/mol. The molecule has 40 heavy (non-hydrogen) atoms. The van der Waals surface area contributed by atoms with Gasteiger partial charge >= 0.3 is 0 Å². The average Bonchev–Trinajstić information content (AvgIpc) is 2.95. The van der Waals surface area contributed by atoms with Gasteiger partial charge in [-0.05, 0) is 0 Å². The second kappa shape index (κ2) is 15.7. The molecule has 16 nitrogen and oxygen atoms in total. The fraction of sp³-hybridized carbons (Fsp3) is 1.00. The Bertz CT molecular complexity index is 729. The maximum atomic E-state index is 10.8. The summed E-state index contributed by atoms with van der Waals surface area (Å²) in [6, 6.07) is 0. The highest BCUT2D eigenvalue weighted by atomic mass is 16.7. The molecule has 0 spiro atoms. The normalized spacial score (nSPS) is 46.4. The molecule has 0 radical (unpaired) electrons. The largest absolute Gasteiger partial charge is 0.394 e. The van der Waals surface area contributed by atoms with E-state index in [-0.39, 0.29) is 33.0 Å². The minimum Gasteiger partial charge on any atom is -0.394 e. The summed E-state index contributed by atoms with van der Waals surface area (Å²) in [6.07, 6.45) is -15.8. The summed E-state index contributed by atoms with van der Waals surface area (Å²) in [5.41, 5.74) is 0. The summed E-state index contributed by atoms with van der Waals surface area (Å²) in [5.74, 6) is -1.71. The van der Waals surface area contributed by atoms with Crippen LogP contribution in [-0.2, 0) is 33.2 Å². The van der Waals surface area contributed by atoms with Crippen molar-refractivity contribution in [1.82, 2.24) is 0 Å².